The average molecular weight is 364 g/mol. The first-order valence-corrected chi connectivity index (χ1v) is 8.27. The molecule has 5 nitrogen and oxygen atoms in total. The van der Waals surface area contributed by atoms with Crippen molar-refractivity contribution in [3.63, 3.8) is 0 Å². The molecule has 0 radical (unpaired) electrons. The SMILES string of the molecule is C=CC[C@@H]1N(c2ccc(F)c(Cl)c2)C(=O)[C@H]2[C@@H](C(=O)O)[C@H]3C=C[C@@]12O3. The number of hydrogen-bond donors (Lipinski definition) is 1. The normalized spacial score (nSPS) is 35.3. The number of amides is 1. The molecule has 1 aromatic rings. The Bertz CT molecular complexity index is 825. The van der Waals surface area contributed by atoms with Gasteiger partial charge in [-0.1, -0.05) is 29.8 Å². The van der Waals surface area contributed by atoms with Gasteiger partial charge >= 0.3 is 5.97 Å². The van der Waals surface area contributed by atoms with Crippen LogP contribution in [0.25, 0.3) is 0 Å². The summed E-state index contributed by atoms with van der Waals surface area (Å²) in [6.45, 7) is 3.74. The second-order valence-electron chi connectivity index (χ2n) is 6.48. The van der Waals surface area contributed by atoms with Crippen LogP contribution in [0.15, 0.2) is 43.0 Å². The standard InChI is InChI=1S/C18H15ClFNO4/c1-2-3-13-18-7-6-12(25-18)14(17(23)24)15(18)16(22)21(13)9-4-5-11(20)10(19)8-9/h2,4-8,12-15H,1,3H2,(H,23,24)/t12-,13+,14+,15-,18-/m1/s1. The third-order valence-electron chi connectivity index (χ3n) is 5.28. The van der Waals surface area contributed by atoms with E-state index in [1.54, 1.807) is 18.2 Å². The molecule has 3 aliphatic rings. The highest BCUT2D eigenvalue weighted by Crippen LogP contribution is 2.56. The topological polar surface area (TPSA) is 66.8 Å². The fourth-order valence-corrected chi connectivity index (χ4v) is 4.50. The third-order valence-corrected chi connectivity index (χ3v) is 5.57. The zero-order chi connectivity index (χ0) is 17.9. The second kappa shape index (κ2) is 5.41. The van der Waals surface area contributed by atoms with E-state index in [1.165, 1.54) is 23.1 Å². The lowest BCUT2D eigenvalue weighted by molar-refractivity contribution is -0.146. The summed E-state index contributed by atoms with van der Waals surface area (Å²) in [5.74, 6) is -3.77. The van der Waals surface area contributed by atoms with Crippen LogP contribution in [0, 0.1) is 17.7 Å². The van der Waals surface area contributed by atoms with Gasteiger partial charge in [0, 0.05) is 5.69 Å². The molecule has 25 heavy (non-hydrogen) atoms. The summed E-state index contributed by atoms with van der Waals surface area (Å²) in [7, 11) is 0. The Labute approximate surface area is 148 Å². The van der Waals surface area contributed by atoms with Crippen LogP contribution in [0.4, 0.5) is 10.1 Å². The molecule has 4 rings (SSSR count). The Morgan fingerprint density at radius 1 is 1.52 bits per heavy atom. The van der Waals surface area contributed by atoms with E-state index in [2.05, 4.69) is 6.58 Å². The van der Waals surface area contributed by atoms with E-state index < -0.39 is 41.4 Å². The highest BCUT2D eigenvalue weighted by Gasteiger charge is 2.71. The molecule has 0 unspecified atom stereocenters. The Hall–Kier alpha value is -2.18. The summed E-state index contributed by atoms with van der Waals surface area (Å²) < 4.78 is 19.5. The monoisotopic (exact) mass is 363 g/mol. The highest BCUT2D eigenvalue weighted by molar-refractivity contribution is 6.31. The maximum atomic E-state index is 13.5. The van der Waals surface area contributed by atoms with Crippen LogP contribution in [0.1, 0.15) is 6.42 Å². The van der Waals surface area contributed by atoms with Crippen LogP contribution < -0.4 is 4.90 Å². The Balaban J connectivity index is 1.84. The van der Waals surface area contributed by atoms with Crippen LogP contribution in [0.2, 0.25) is 5.02 Å². The minimum absolute atomic E-state index is 0.104. The van der Waals surface area contributed by atoms with E-state index in [0.29, 0.717) is 12.1 Å². The van der Waals surface area contributed by atoms with Crippen LogP contribution >= 0.6 is 11.6 Å². The van der Waals surface area contributed by atoms with E-state index in [-0.39, 0.29) is 10.9 Å². The van der Waals surface area contributed by atoms with Gasteiger partial charge in [-0.25, -0.2) is 4.39 Å². The van der Waals surface area contributed by atoms with Crippen molar-refractivity contribution >= 4 is 29.2 Å². The second-order valence-corrected chi connectivity index (χ2v) is 6.89. The maximum Gasteiger partial charge on any atom is 0.310 e. The van der Waals surface area contributed by atoms with E-state index >= 15 is 0 Å². The van der Waals surface area contributed by atoms with Gasteiger partial charge in [-0.05, 0) is 24.6 Å². The average Bonchev–Trinajstić information content (AvgIpc) is 3.20. The van der Waals surface area contributed by atoms with Crippen molar-refractivity contribution in [1.29, 1.82) is 0 Å². The Morgan fingerprint density at radius 3 is 2.92 bits per heavy atom. The molecule has 130 valence electrons. The van der Waals surface area contributed by atoms with Gasteiger partial charge in [0.15, 0.2) is 0 Å². The van der Waals surface area contributed by atoms with Gasteiger partial charge in [0.1, 0.15) is 17.3 Å². The fourth-order valence-electron chi connectivity index (χ4n) is 4.32. The predicted octanol–water partition coefficient (Wildman–Crippen LogP) is 2.79. The van der Waals surface area contributed by atoms with Crippen molar-refractivity contribution in [1.82, 2.24) is 0 Å². The number of carboxylic acid groups (broad SMARTS) is 1. The molecule has 3 heterocycles. The third kappa shape index (κ3) is 2.04. The zero-order valence-electron chi connectivity index (χ0n) is 13.1. The molecule has 0 saturated carbocycles. The van der Waals surface area contributed by atoms with Crippen LogP contribution in [-0.2, 0) is 14.3 Å². The smallest absolute Gasteiger partial charge is 0.310 e. The lowest BCUT2D eigenvalue weighted by atomic mass is 9.74. The minimum Gasteiger partial charge on any atom is -0.481 e. The number of halogens is 2. The molecule has 0 aromatic heterocycles. The van der Waals surface area contributed by atoms with Crippen LogP contribution in [0.5, 0.6) is 0 Å². The van der Waals surface area contributed by atoms with E-state index in [9.17, 15) is 19.1 Å². The molecule has 1 spiro atoms. The van der Waals surface area contributed by atoms with Gasteiger partial charge in [-0.3, -0.25) is 9.59 Å². The number of fused-ring (bicyclic) bond motifs is 1. The van der Waals surface area contributed by atoms with Gasteiger partial charge in [0.05, 0.1) is 23.1 Å². The Kier molecular flexibility index (Phi) is 3.53. The number of aliphatic carboxylic acids is 1. The van der Waals surface area contributed by atoms with Gasteiger partial charge in [-0.2, -0.15) is 0 Å². The number of ether oxygens (including phenoxy) is 1. The molecule has 1 amide bonds. The molecule has 7 heteroatoms. The summed E-state index contributed by atoms with van der Waals surface area (Å²) in [4.78, 5) is 26.3. The molecule has 3 aliphatic heterocycles. The van der Waals surface area contributed by atoms with Crippen molar-refractivity contribution in [3.8, 4) is 0 Å². The number of anilines is 1. The predicted molar refractivity (Wildman–Crippen MR) is 88.9 cm³/mol. The summed E-state index contributed by atoms with van der Waals surface area (Å²) in [6, 6.07) is 3.55. The number of carbonyl (C=O) groups excluding carboxylic acids is 1. The van der Waals surface area contributed by atoms with Crippen molar-refractivity contribution < 1.29 is 23.8 Å². The van der Waals surface area contributed by atoms with Gasteiger partial charge in [-0.15, -0.1) is 6.58 Å². The molecular formula is C18H15ClFNO4. The first kappa shape index (κ1) is 16.3. The van der Waals surface area contributed by atoms with Crippen molar-refractivity contribution in [3.05, 3.63) is 53.8 Å². The fraction of sp³-hybridized carbons (Fsp3) is 0.333. The molecule has 5 atom stereocenters. The van der Waals surface area contributed by atoms with Crippen molar-refractivity contribution in [2.75, 3.05) is 4.90 Å². The number of carbonyl (C=O) groups is 2. The number of carboxylic acids is 1. The van der Waals surface area contributed by atoms with Crippen molar-refractivity contribution in [2.45, 2.75) is 24.2 Å². The molecule has 0 aliphatic carbocycles. The maximum absolute atomic E-state index is 13.5. The number of rotatable bonds is 4. The van der Waals surface area contributed by atoms with E-state index in [0.717, 1.165) is 0 Å². The molecule has 2 saturated heterocycles. The van der Waals surface area contributed by atoms with Crippen molar-refractivity contribution in [2.24, 2.45) is 11.8 Å². The molecule has 1 aromatic carbocycles. The highest BCUT2D eigenvalue weighted by atomic mass is 35.5. The first-order chi connectivity index (χ1) is 11.9. The zero-order valence-corrected chi connectivity index (χ0v) is 13.8. The van der Waals surface area contributed by atoms with Gasteiger partial charge < -0.3 is 14.7 Å². The molecule has 2 bridgehead atoms. The van der Waals surface area contributed by atoms with E-state index in [1.807, 2.05) is 0 Å². The number of benzene rings is 1. The lowest BCUT2D eigenvalue weighted by Gasteiger charge is -2.32. The van der Waals surface area contributed by atoms with E-state index in [4.69, 9.17) is 16.3 Å². The van der Waals surface area contributed by atoms with Crippen LogP contribution in [0.3, 0.4) is 0 Å². The Morgan fingerprint density at radius 2 is 2.28 bits per heavy atom. The summed E-state index contributed by atoms with van der Waals surface area (Å²) in [5.41, 5.74) is -0.600. The quantitative estimate of drug-likeness (QED) is 0.835. The molecule has 1 N–H and O–H groups in total. The first-order valence-electron chi connectivity index (χ1n) is 7.89. The minimum atomic E-state index is -1.06. The number of hydrogen-bond acceptors (Lipinski definition) is 3. The summed E-state index contributed by atoms with van der Waals surface area (Å²) in [6.07, 6.45) is 4.95. The molecular weight excluding hydrogens is 349 g/mol. The molecule has 2 fully saturated rings. The van der Waals surface area contributed by atoms with Gasteiger partial charge in [0.2, 0.25) is 5.91 Å². The lowest BCUT2D eigenvalue weighted by Crippen LogP contribution is -2.45. The largest absolute Gasteiger partial charge is 0.481 e. The van der Waals surface area contributed by atoms with Gasteiger partial charge in [0.25, 0.3) is 0 Å². The number of nitrogens with zero attached hydrogens (tertiary/aromatic N) is 1. The summed E-state index contributed by atoms with van der Waals surface area (Å²) >= 11 is 5.87. The van der Waals surface area contributed by atoms with Crippen LogP contribution in [-0.4, -0.2) is 34.7 Å². The summed E-state index contributed by atoms with van der Waals surface area (Å²) in [5, 5.41) is 9.47.